The number of ether oxygens (including phenoxy) is 1. The molecule has 1 heterocycles. The van der Waals surface area contributed by atoms with Crippen LogP contribution in [0.4, 0.5) is 0 Å². The largest absolute Gasteiger partial charge is 0.377 e. The van der Waals surface area contributed by atoms with Crippen LogP contribution < -0.4 is 11.3 Å². The van der Waals surface area contributed by atoms with Crippen molar-refractivity contribution in [1.82, 2.24) is 5.43 Å². The van der Waals surface area contributed by atoms with E-state index in [1.807, 2.05) is 0 Å². The maximum absolute atomic E-state index is 6.05. The van der Waals surface area contributed by atoms with E-state index >= 15 is 0 Å². The summed E-state index contributed by atoms with van der Waals surface area (Å²) < 4.78 is 6.05. The Morgan fingerprint density at radius 1 is 1.42 bits per heavy atom. The summed E-state index contributed by atoms with van der Waals surface area (Å²) in [4.78, 5) is 1.38. The minimum Gasteiger partial charge on any atom is -0.377 e. The highest BCUT2D eigenvalue weighted by Gasteiger charge is 2.30. The molecule has 108 valence electrons. The molecule has 0 amide bonds. The molecular formula is C15H26N2OS. The molecule has 0 aromatic carbocycles. The molecule has 3 N–H and O–H groups in total. The Morgan fingerprint density at radius 2 is 2.21 bits per heavy atom. The lowest BCUT2D eigenvalue weighted by molar-refractivity contribution is -0.0173. The van der Waals surface area contributed by atoms with E-state index in [1.165, 1.54) is 37.0 Å². The second-order valence-electron chi connectivity index (χ2n) is 5.37. The topological polar surface area (TPSA) is 47.3 Å². The Bertz CT molecular complexity index is 336. The van der Waals surface area contributed by atoms with Gasteiger partial charge in [-0.1, -0.05) is 25.3 Å². The lowest BCUT2D eigenvalue weighted by atomic mass is 9.82. The SMILES string of the molecule is CCOC(C1CCCCC1)C(Cc1cccs1)NN. The van der Waals surface area contributed by atoms with E-state index in [9.17, 15) is 0 Å². The number of nitrogens with two attached hydrogens (primary N) is 1. The molecule has 2 unspecified atom stereocenters. The zero-order valence-corrected chi connectivity index (χ0v) is 12.6. The molecule has 2 atom stereocenters. The molecule has 2 rings (SSSR count). The van der Waals surface area contributed by atoms with Crippen LogP contribution in [0, 0.1) is 5.92 Å². The first kappa shape index (κ1) is 15.0. The highest BCUT2D eigenvalue weighted by molar-refractivity contribution is 7.09. The molecule has 0 spiro atoms. The zero-order chi connectivity index (χ0) is 13.5. The summed E-state index contributed by atoms with van der Waals surface area (Å²) >= 11 is 1.80. The van der Waals surface area contributed by atoms with Gasteiger partial charge in [0.1, 0.15) is 0 Å². The molecule has 19 heavy (non-hydrogen) atoms. The molecular weight excluding hydrogens is 256 g/mol. The summed E-state index contributed by atoms with van der Waals surface area (Å²) in [5, 5.41) is 2.12. The monoisotopic (exact) mass is 282 g/mol. The van der Waals surface area contributed by atoms with Crippen LogP contribution in [0.15, 0.2) is 17.5 Å². The maximum Gasteiger partial charge on any atom is 0.0772 e. The van der Waals surface area contributed by atoms with Gasteiger partial charge in [-0.2, -0.15) is 0 Å². The molecule has 1 fully saturated rings. The van der Waals surface area contributed by atoms with Gasteiger partial charge in [-0.15, -0.1) is 11.3 Å². The first-order valence-corrected chi connectivity index (χ1v) is 8.33. The standard InChI is InChI=1S/C15H26N2OS/c1-2-18-15(12-7-4-3-5-8-12)14(17-16)11-13-9-6-10-19-13/h6,9-10,12,14-15,17H,2-5,7-8,11,16H2,1H3. The fourth-order valence-electron chi connectivity index (χ4n) is 3.15. The molecule has 3 nitrogen and oxygen atoms in total. The summed E-state index contributed by atoms with van der Waals surface area (Å²) in [6.45, 7) is 2.85. The Kier molecular flexibility index (Phi) is 6.31. The van der Waals surface area contributed by atoms with E-state index in [4.69, 9.17) is 10.6 Å². The third-order valence-electron chi connectivity index (χ3n) is 4.09. The first-order chi connectivity index (χ1) is 9.35. The van der Waals surface area contributed by atoms with Crippen LogP contribution in [0.2, 0.25) is 0 Å². The molecule has 1 aromatic rings. The van der Waals surface area contributed by atoms with Crippen LogP contribution >= 0.6 is 11.3 Å². The van der Waals surface area contributed by atoms with Gasteiger partial charge in [0.25, 0.3) is 0 Å². The van der Waals surface area contributed by atoms with Crippen LogP contribution in [-0.4, -0.2) is 18.8 Å². The Hall–Kier alpha value is -0.420. The van der Waals surface area contributed by atoms with Gasteiger partial charge < -0.3 is 4.74 Å². The Morgan fingerprint density at radius 3 is 2.79 bits per heavy atom. The Balaban J connectivity index is 2.01. The third-order valence-corrected chi connectivity index (χ3v) is 4.98. The van der Waals surface area contributed by atoms with Crippen molar-refractivity contribution in [3.63, 3.8) is 0 Å². The molecule has 0 radical (unpaired) electrons. The molecule has 1 aromatic heterocycles. The van der Waals surface area contributed by atoms with E-state index in [1.54, 1.807) is 11.3 Å². The predicted molar refractivity (Wildman–Crippen MR) is 81.1 cm³/mol. The molecule has 0 aliphatic heterocycles. The van der Waals surface area contributed by atoms with E-state index in [-0.39, 0.29) is 12.1 Å². The van der Waals surface area contributed by atoms with Crippen LogP contribution in [0.25, 0.3) is 0 Å². The van der Waals surface area contributed by atoms with E-state index < -0.39 is 0 Å². The third kappa shape index (κ3) is 4.28. The number of nitrogens with one attached hydrogen (secondary N) is 1. The minimum absolute atomic E-state index is 0.224. The highest BCUT2D eigenvalue weighted by Crippen LogP contribution is 2.30. The second-order valence-corrected chi connectivity index (χ2v) is 6.41. The summed E-state index contributed by atoms with van der Waals surface area (Å²) in [5.74, 6) is 6.46. The molecule has 1 saturated carbocycles. The smallest absolute Gasteiger partial charge is 0.0772 e. The van der Waals surface area contributed by atoms with Crippen molar-refractivity contribution in [3.05, 3.63) is 22.4 Å². The van der Waals surface area contributed by atoms with Crippen molar-refractivity contribution in [3.8, 4) is 0 Å². The minimum atomic E-state index is 0.224. The number of hydrogen-bond donors (Lipinski definition) is 2. The second kappa shape index (κ2) is 8.00. The van der Waals surface area contributed by atoms with Gasteiger partial charge >= 0.3 is 0 Å². The average Bonchev–Trinajstić information content (AvgIpc) is 2.96. The van der Waals surface area contributed by atoms with Gasteiger partial charge in [-0.25, -0.2) is 0 Å². The van der Waals surface area contributed by atoms with E-state index in [0.717, 1.165) is 13.0 Å². The Labute approximate surface area is 120 Å². The van der Waals surface area contributed by atoms with Gasteiger partial charge in [0.2, 0.25) is 0 Å². The molecule has 0 saturated heterocycles. The predicted octanol–water partition coefficient (Wildman–Crippen LogP) is 3.11. The normalized spacial score (nSPS) is 20.3. The summed E-state index contributed by atoms with van der Waals surface area (Å²) in [6, 6.07) is 4.50. The van der Waals surface area contributed by atoms with Crippen molar-refractivity contribution in [2.75, 3.05) is 6.61 Å². The number of thiophene rings is 1. The molecule has 1 aliphatic rings. The zero-order valence-electron chi connectivity index (χ0n) is 11.8. The molecule has 1 aliphatic carbocycles. The fourth-order valence-corrected chi connectivity index (χ4v) is 3.92. The van der Waals surface area contributed by atoms with Crippen molar-refractivity contribution in [1.29, 1.82) is 0 Å². The van der Waals surface area contributed by atoms with Gasteiger partial charge in [-0.05, 0) is 37.1 Å². The fraction of sp³-hybridized carbons (Fsp3) is 0.733. The molecule has 4 heteroatoms. The van der Waals surface area contributed by atoms with Crippen LogP contribution in [0.5, 0.6) is 0 Å². The summed E-state index contributed by atoms with van der Waals surface area (Å²) in [5.41, 5.74) is 3.00. The molecule has 0 bridgehead atoms. The maximum atomic E-state index is 6.05. The van der Waals surface area contributed by atoms with E-state index in [2.05, 4.69) is 29.9 Å². The van der Waals surface area contributed by atoms with Crippen LogP contribution in [-0.2, 0) is 11.2 Å². The quantitative estimate of drug-likeness (QED) is 0.597. The van der Waals surface area contributed by atoms with Crippen LogP contribution in [0.3, 0.4) is 0 Å². The summed E-state index contributed by atoms with van der Waals surface area (Å²) in [7, 11) is 0. The highest BCUT2D eigenvalue weighted by atomic mass is 32.1. The van der Waals surface area contributed by atoms with Gasteiger partial charge in [0.05, 0.1) is 12.1 Å². The lowest BCUT2D eigenvalue weighted by Crippen LogP contribution is -2.50. The van der Waals surface area contributed by atoms with Crippen molar-refractivity contribution < 1.29 is 4.74 Å². The van der Waals surface area contributed by atoms with Crippen LogP contribution in [0.1, 0.15) is 43.9 Å². The number of hydrazine groups is 1. The van der Waals surface area contributed by atoms with Crippen molar-refractivity contribution in [2.45, 2.75) is 57.6 Å². The van der Waals surface area contributed by atoms with Gasteiger partial charge in [0, 0.05) is 17.9 Å². The van der Waals surface area contributed by atoms with Gasteiger partial charge in [0.15, 0.2) is 0 Å². The van der Waals surface area contributed by atoms with E-state index in [0.29, 0.717) is 5.92 Å². The average molecular weight is 282 g/mol. The lowest BCUT2D eigenvalue weighted by Gasteiger charge is -2.35. The van der Waals surface area contributed by atoms with Crippen molar-refractivity contribution >= 4 is 11.3 Å². The number of hydrogen-bond acceptors (Lipinski definition) is 4. The summed E-state index contributed by atoms with van der Waals surface area (Å²) in [6.07, 6.45) is 7.84. The number of rotatable bonds is 7. The van der Waals surface area contributed by atoms with Crippen molar-refractivity contribution in [2.24, 2.45) is 11.8 Å². The first-order valence-electron chi connectivity index (χ1n) is 7.45. The van der Waals surface area contributed by atoms with Gasteiger partial charge in [-0.3, -0.25) is 11.3 Å².